The van der Waals surface area contributed by atoms with Crippen molar-refractivity contribution in [2.75, 3.05) is 28.6 Å². The second kappa shape index (κ2) is 9.21. The molecule has 0 radical (unpaired) electrons. The lowest BCUT2D eigenvalue weighted by Gasteiger charge is -2.18. The normalized spacial score (nSPS) is 12.7. The maximum absolute atomic E-state index is 12.7. The lowest BCUT2D eigenvalue weighted by Crippen LogP contribution is -2.25. The van der Waals surface area contributed by atoms with Gasteiger partial charge in [0.15, 0.2) is 6.61 Å². The van der Waals surface area contributed by atoms with Crippen LogP contribution in [0.3, 0.4) is 0 Å². The molecule has 0 bridgehead atoms. The molecule has 9 nitrogen and oxygen atoms in total. The van der Waals surface area contributed by atoms with Gasteiger partial charge in [0.2, 0.25) is 0 Å². The summed E-state index contributed by atoms with van der Waals surface area (Å²) >= 11 is 0. The first-order valence-electron chi connectivity index (χ1n) is 10.1. The highest BCUT2D eigenvalue weighted by molar-refractivity contribution is 7.92. The number of benzene rings is 3. The molecule has 0 aliphatic carbocycles. The Morgan fingerprint density at radius 2 is 1.73 bits per heavy atom. The Labute approximate surface area is 190 Å². The molecule has 0 saturated heterocycles. The third-order valence-electron chi connectivity index (χ3n) is 4.71. The quantitative estimate of drug-likeness (QED) is 0.489. The smallest absolute Gasteiger partial charge is 0.262 e. The Bertz CT molecular complexity index is 1290. The molecular weight excluding hydrogens is 446 g/mol. The van der Waals surface area contributed by atoms with E-state index in [0.29, 0.717) is 35.2 Å². The van der Waals surface area contributed by atoms with Crippen molar-refractivity contribution in [2.24, 2.45) is 0 Å². The van der Waals surface area contributed by atoms with E-state index in [-0.39, 0.29) is 23.0 Å². The van der Waals surface area contributed by atoms with Crippen LogP contribution in [0, 0.1) is 0 Å². The third-order valence-corrected chi connectivity index (χ3v) is 6.11. The molecule has 10 heteroatoms. The van der Waals surface area contributed by atoms with Gasteiger partial charge >= 0.3 is 0 Å². The summed E-state index contributed by atoms with van der Waals surface area (Å²) in [6.07, 6.45) is 0. The van der Waals surface area contributed by atoms with Gasteiger partial charge in [-0.05, 0) is 73.7 Å². The molecule has 1 aliphatic rings. The maximum atomic E-state index is 12.7. The van der Waals surface area contributed by atoms with E-state index in [1.165, 1.54) is 24.3 Å². The van der Waals surface area contributed by atoms with Crippen molar-refractivity contribution < 1.29 is 27.5 Å². The highest BCUT2D eigenvalue weighted by Crippen LogP contribution is 2.30. The van der Waals surface area contributed by atoms with Crippen LogP contribution < -0.4 is 24.8 Å². The highest BCUT2D eigenvalue weighted by Gasteiger charge is 2.18. The van der Waals surface area contributed by atoms with Crippen molar-refractivity contribution in [2.45, 2.75) is 11.8 Å². The molecule has 0 fully saturated rings. The number of hydrogen-bond donors (Lipinski definition) is 3. The summed E-state index contributed by atoms with van der Waals surface area (Å²) < 4.78 is 38.4. The predicted octanol–water partition coefficient (Wildman–Crippen LogP) is 3.47. The first-order chi connectivity index (χ1) is 15.8. The van der Waals surface area contributed by atoms with Crippen LogP contribution in [-0.2, 0) is 14.8 Å². The molecule has 4 rings (SSSR count). The van der Waals surface area contributed by atoms with E-state index in [1.807, 2.05) is 6.92 Å². The van der Waals surface area contributed by atoms with Crippen LogP contribution >= 0.6 is 0 Å². The van der Waals surface area contributed by atoms with Crippen molar-refractivity contribution in [3.05, 3.63) is 72.3 Å². The number of ether oxygens (including phenoxy) is 2. The zero-order valence-electron chi connectivity index (χ0n) is 17.6. The minimum atomic E-state index is -3.83. The second-order valence-corrected chi connectivity index (χ2v) is 8.77. The average Bonchev–Trinajstić information content (AvgIpc) is 2.80. The summed E-state index contributed by atoms with van der Waals surface area (Å²) in [6, 6.07) is 17.0. The molecule has 1 aliphatic heterocycles. The summed E-state index contributed by atoms with van der Waals surface area (Å²) in [5.74, 6) is 0.454. The minimum absolute atomic E-state index is 0.0153. The van der Waals surface area contributed by atoms with E-state index in [2.05, 4.69) is 15.4 Å². The van der Waals surface area contributed by atoms with E-state index in [4.69, 9.17) is 9.47 Å². The average molecular weight is 468 g/mol. The molecule has 33 heavy (non-hydrogen) atoms. The molecule has 3 aromatic carbocycles. The van der Waals surface area contributed by atoms with E-state index in [1.54, 1.807) is 42.5 Å². The van der Waals surface area contributed by atoms with Gasteiger partial charge in [0, 0.05) is 16.9 Å². The summed E-state index contributed by atoms with van der Waals surface area (Å²) in [4.78, 5) is 24.1. The minimum Gasteiger partial charge on any atom is -0.494 e. The van der Waals surface area contributed by atoms with Crippen LogP contribution in [0.25, 0.3) is 0 Å². The molecule has 3 N–H and O–H groups in total. The van der Waals surface area contributed by atoms with Gasteiger partial charge in [-0.3, -0.25) is 14.3 Å². The number of fused-ring (bicyclic) bond motifs is 1. The van der Waals surface area contributed by atoms with Crippen molar-refractivity contribution in [3.63, 3.8) is 0 Å². The fraction of sp³-hybridized carbons (Fsp3) is 0.130. The fourth-order valence-corrected chi connectivity index (χ4v) is 4.21. The van der Waals surface area contributed by atoms with Crippen molar-refractivity contribution in [1.29, 1.82) is 0 Å². The molecule has 1 heterocycles. The number of anilines is 3. The largest absolute Gasteiger partial charge is 0.494 e. The molecule has 0 aromatic heterocycles. The summed E-state index contributed by atoms with van der Waals surface area (Å²) in [5.41, 5.74) is 1.58. The number of hydrogen-bond acceptors (Lipinski definition) is 6. The van der Waals surface area contributed by atoms with Gasteiger partial charge in [0.05, 0.1) is 17.2 Å². The Morgan fingerprint density at radius 3 is 2.42 bits per heavy atom. The Morgan fingerprint density at radius 1 is 1.03 bits per heavy atom. The van der Waals surface area contributed by atoms with Crippen molar-refractivity contribution in [3.8, 4) is 11.5 Å². The zero-order chi connectivity index (χ0) is 23.4. The molecule has 2 amide bonds. The number of sulfonamides is 1. The van der Waals surface area contributed by atoms with Crippen LogP contribution in [0.1, 0.15) is 17.3 Å². The number of carbonyl (C=O) groups excluding carboxylic acids is 2. The van der Waals surface area contributed by atoms with Gasteiger partial charge < -0.3 is 20.1 Å². The molecular formula is C23H21N3O6S. The zero-order valence-corrected chi connectivity index (χ0v) is 18.4. The van der Waals surface area contributed by atoms with Crippen LogP contribution in [0.15, 0.2) is 71.6 Å². The Hall–Kier alpha value is -4.05. The molecule has 0 unspecified atom stereocenters. The molecule has 170 valence electrons. The van der Waals surface area contributed by atoms with Crippen LogP contribution in [0.2, 0.25) is 0 Å². The molecule has 3 aromatic rings. The summed E-state index contributed by atoms with van der Waals surface area (Å²) in [7, 11) is -3.83. The summed E-state index contributed by atoms with van der Waals surface area (Å²) in [5, 5.41) is 5.38. The van der Waals surface area contributed by atoms with E-state index < -0.39 is 15.9 Å². The maximum Gasteiger partial charge on any atom is 0.262 e. The topological polar surface area (TPSA) is 123 Å². The van der Waals surface area contributed by atoms with Gasteiger partial charge in [-0.2, -0.15) is 0 Å². The monoisotopic (exact) mass is 467 g/mol. The van der Waals surface area contributed by atoms with E-state index in [0.717, 1.165) is 0 Å². The number of amides is 2. The van der Waals surface area contributed by atoms with E-state index >= 15 is 0 Å². The molecule has 0 spiro atoms. The standard InChI is InChI=1S/C23H21N3O6S/c1-2-31-18-8-5-16(6-9-18)26-33(29,30)19-10-3-15(4-11-19)23(28)24-17-7-12-21-20(13-17)25-22(27)14-32-21/h3-13,26H,2,14H2,1H3,(H,24,28)(H,25,27). The first kappa shape index (κ1) is 22.2. The van der Waals surface area contributed by atoms with E-state index in [9.17, 15) is 18.0 Å². The van der Waals surface area contributed by atoms with Crippen molar-refractivity contribution >= 4 is 38.9 Å². The number of nitrogens with one attached hydrogen (secondary N) is 3. The van der Waals surface area contributed by atoms with Crippen LogP contribution in [0.4, 0.5) is 17.1 Å². The lowest BCUT2D eigenvalue weighted by atomic mass is 10.2. The molecule has 0 atom stereocenters. The van der Waals surface area contributed by atoms with Gasteiger partial charge in [0.1, 0.15) is 11.5 Å². The first-order valence-corrected chi connectivity index (χ1v) is 11.6. The van der Waals surface area contributed by atoms with Crippen LogP contribution in [0.5, 0.6) is 11.5 Å². The summed E-state index contributed by atoms with van der Waals surface area (Å²) in [6.45, 7) is 2.32. The fourth-order valence-electron chi connectivity index (χ4n) is 3.15. The number of rotatable bonds is 7. The SMILES string of the molecule is CCOc1ccc(NS(=O)(=O)c2ccc(C(=O)Nc3ccc4c(c3)NC(=O)CO4)cc2)cc1. The third kappa shape index (κ3) is 5.24. The van der Waals surface area contributed by atoms with Gasteiger partial charge in [-0.15, -0.1) is 0 Å². The van der Waals surface area contributed by atoms with Crippen LogP contribution in [-0.4, -0.2) is 33.4 Å². The Balaban J connectivity index is 1.43. The van der Waals surface area contributed by atoms with Gasteiger partial charge in [-0.1, -0.05) is 0 Å². The second-order valence-electron chi connectivity index (χ2n) is 7.09. The predicted molar refractivity (Wildman–Crippen MR) is 123 cm³/mol. The number of carbonyl (C=O) groups is 2. The highest BCUT2D eigenvalue weighted by atomic mass is 32.2. The Kier molecular flexibility index (Phi) is 6.18. The van der Waals surface area contributed by atoms with Gasteiger partial charge in [0.25, 0.3) is 21.8 Å². The van der Waals surface area contributed by atoms with Gasteiger partial charge in [-0.25, -0.2) is 8.42 Å². The van der Waals surface area contributed by atoms with Crippen molar-refractivity contribution in [1.82, 2.24) is 0 Å². The molecule has 0 saturated carbocycles. The lowest BCUT2D eigenvalue weighted by molar-refractivity contribution is -0.118.